The molecule has 1 heterocycles. The number of carboxylic acids is 1. The second-order valence-electron chi connectivity index (χ2n) is 7.70. The van der Waals surface area contributed by atoms with Crippen molar-refractivity contribution in [2.45, 2.75) is 31.8 Å². The summed E-state index contributed by atoms with van der Waals surface area (Å²) in [6.07, 6.45) is 1.91. The Labute approximate surface area is 172 Å². The Bertz CT molecular complexity index is 832. The maximum atomic E-state index is 12.4. The maximum absolute atomic E-state index is 12.4. The highest BCUT2D eigenvalue weighted by molar-refractivity contribution is 6.04. The molecule has 0 bridgehead atoms. The van der Waals surface area contributed by atoms with Gasteiger partial charge in [-0.1, -0.05) is 30.3 Å². The summed E-state index contributed by atoms with van der Waals surface area (Å²) in [5.74, 6) is -0.893. The van der Waals surface area contributed by atoms with Crippen LogP contribution in [0.25, 0.3) is 0 Å². The van der Waals surface area contributed by atoms with E-state index in [9.17, 15) is 9.59 Å². The van der Waals surface area contributed by atoms with E-state index in [1.807, 2.05) is 48.3 Å². The van der Waals surface area contributed by atoms with Crippen molar-refractivity contribution in [3.05, 3.63) is 65.7 Å². The molecular formula is C23H29N3O3. The Morgan fingerprint density at radius 1 is 1.14 bits per heavy atom. The first-order valence-corrected chi connectivity index (χ1v) is 10.1. The zero-order valence-corrected chi connectivity index (χ0v) is 17.0. The molecule has 3 rings (SSSR count). The second kappa shape index (κ2) is 9.67. The lowest BCUT2D eigenvalue weighted by molar-refractivity contribution is -0.138. The summed E-state index contributed by atoms with van der Waals surface area (Å²) in [6, 6.07) is 17.7. The molecule has 1 aliphatic rings. The highest BCUT2D eigenvalue weighted by Gasteiger charge is 2.26. The Balaban J connectivity index is 1.59. The van der Waals surface area contributed by atoms with Crippen LogP contribution in [0.4, 0.5) is 5.69 Å². The molecule has 154 valence electrons. The van der Waals surface area contributed by atoms with E-state index in [1.165, 1.54) is 0 Å². The number of likely N-dealkylation sites (N-methyl/N-ethyl adjacent to an activating group) is 1. The van der Waals surface area contributed by atoms with Gasteiger partial charge >= 0.3 is 5.97 Å². The Morgan fingerprint density at radius 2 is 1.83 bits per heavy atom. The predicted molar refractivity (Wildman–Crippen MR) is 114 cm³/mol. The molecule has 6 nitrogen and oxygen atoms in total. The third kappa shape index (κ3) is 5.65. The fourth-order valence-corrected chi connectivity index (χ4v) is 3.94. The summed E-state index contributed by atoms with van der Waals surface area (Å²) in [6.45, 7) is 4.12. The average Bonchev–Trinajstić information content (AvgIpc) is 2.73. The summed E-state index contributed by atoms with van der Waals surface area (Å²) in [5, 5.41) is 12.0. The number of aliphatic carboxylic acids is 1. The number of nitrogens with zero attached hydrogens (tertiary/aromatic N) is 2. The van der Waals surface area contributed by atoms with Gasteiger partial charge in [-0.2, -0.15) is 0 Å². The van der Waals surface area contributed by atoms with Gasteiger partial charge in [0, 0.05) is 36.4 Å². The van der Waals surface area contributed by atoms with Crippen LogP contribution in [0, 0.1) is 0 Å². The Morgan fingerprint density at radius 3 is 2.48 bits per heavy atom. The van der Waals surface area contributed by atoms with Crippen LogP contribution in [-0.2, 0) is 4.79 Å². The topological polar surface area (TPSA) is 72.9 Å². The molecule has 1 fully saturated rings. The minimum absolute atomic E-state index is 0.0867. The van der Waals surface area contributed by atoms with Crippen LogP contribution < -0.4 is 5.32 Å². The first-order valence-electron chi connectivity index (χ1n) is 10.1. The standard InChI is InChI=1S/C23H29N3O3/c1-17(26-13-11-21(12-14-26)25(2)16-22(27)28)19-9-6-10-20(15-19)24-23(29)18-7-4-3-5-8-18/h3-10,15,17,21H,11-14,16H2,1-2H3,(H,24,29)(H,27,28). The number of benzene rings is 2. The van der Waals surface area contributed by atoms with E-state index in [2.05, 4.69) is 23.2 Å². The molecule has 6 heteroatoms. The van der Waals surface area contributed by atoms with Crippen molar-refractivity contribution in [3.8, 4) is 0 Å². The fraction of sp³-hybridized carbons (Fsp3) is 0.391. The predicted octanol–water partition coefficient (Wildman–Crippen LogP) is 3.48. The van der Waals surface area contributed by atoms with Crippen LogP contribution in [0.1, 0.15) is 41.7 Å². The Kier molecular flexibility index (Phi) is 7.01. The molecule has 0 radical (unpaired) electrons. The number of hydrogen-bond donors (Lipinski definition) is 2. The van der Waals surface area contributed by atoms with Crippen LogP contribution in [0.3, 0.4) is 0 Å². The molecule has 1 atom stereocenters. The van der Waals surface area contributed by atoms with Gasteiger partial charge in [0.25, 0.3) is 5.91 Å². The monoisotopic (exact) mass is 395 g/mol. The summed E-state index contributed by atoms with van der Waals surface area (Å²) < 4.78 is 0. The number of carboxylic acid groups (broad SMARTS) is 1. The lowest BCUT2D eigenvalue weighted by atomic mass is 9.99. The number of carbonyl (C=O) groups excluding carboxylic acids is 1. The van der Waals surface area contributed by atoms with Gasteiger partial charge in [-0.25, -0.2) is 0 Å². The van der Waals surface area contributed by atoms with Gasteiger partial charge < -0.3 is 10.4 Å². The van der Waals surface area contributed by atoms with Crippen LogP contribution in [0.15, 0.2) is 54.6 Å². The van der Waals surface area contributed by atoms with Crippen molar-refractivity contribution in [1.29, 1.82) is 0 Å². The van der Waals surface area contributed by atoms with Crippen LogP contribution in [-0.4, -0.2) is 59.5 Å². The van der Waals surface area contributed by atoms with E-state index < -0.39 is 5.97 Å². The number of amides is 1. The van der Waals surface area contributed by atoms with E-state index in [4.69, 9.17) is 5.11 Å². The molecule has 0 spiro atoms. The molecule has 2 N–H and O–H groups in total. The molecule has 1 aliphatic heterocycles. The molecule has 1 amide bonds. The second-order valence-corrected chi connectivity index (χ2v) is 7.70. The summed E-state index contributed by atoms with van der Waals surface area (Å²) >= 11 is 0. The third-order valence-electron chi connectivity index (χ3n) is 5.72. The minimum atomic E-state index is -0.780. The molecule has 0 saturated carbocycles. The smallest absolute Gasteiger partial charge is 0.317 e. The summed E-state index contributed by atoms with van der Waals surface area (Å²) in [7, 11) is 1.89. The molecular weight excluding hydrogens is 366 g/mol. The van der Waals surface area contributed by atoms with E-state index in [0.29, 0.717) is 11.6 Å². The zero-order chi connectivity index (χ0) is 20.8. The van der Waals surface area contributed by atoms with Gasteiger partial charge in [-0.05, 0) is 56.6 Å². The number of rotatable bonds is 7. The molecule has 2 aromatic carbocycles. The van der Waals surface area contributed by atoms with Crippen molar-refractivity contribution in [2.24, 2.45) is 0 Å². The number of hydrogen-bond acceptors (Lipinski definition) is 4. The molecule has 2 aromatic rings. The van der Waals surface area contributed by atoms with Crippen molar-refractivity contribution in [3.63, 3.8) is 0 Å². The minimum Gasteiger partial charge on any atom is -0.480 e. The number of nitrogens with one attached hydrogen (secondary N) is 1. The van der Waals surface area contributed by atoms with Crippen molar-refractivity contribution < 1.29 is 14.7 Å². The third-order valence-corrected chi connectivity index (χ3v) is 5.72. The first kappa shape index (κ1) is 21.0. The van der Waals surface area contributed by atoms with Gasteiger partial charge in [0.1, 0.15) is 0 Å². The molecule has 0 aromatic heterocycles. The van der Waals surface area contributed by atoms with Crippen molar-refractivity contribution in [1.82, 2.24) is 9.80 Å². The lowest BCUT2D eigenvalue weighted by Crippen LogP contribution is -2.45. The Hall–Kier alpha value is -2.70. The van der Waals surface area contributed by atoms with E-state index in [1.54, 1.807) is 12.1 Å². The average molecular weight is 396 g/mol. The lowest BCUT2D eigenvalue weighted by Gasteiger charge is -2.39. The van der Waals surface area contributed by atoms with Crippen molar-refractivity contribution in [2.75, 3.05) is 32.0 Å². The first-order chi connectivity index (χ1) is 13.9. The highest BCUT2D eigenvalue weighted by Crippen LogP contribution is 2.27. The van der Waals surface area contributed by atoms with Gasteiger partial charge in [0.2, 0.25) is 0 Å². The summed E-state index contributed by atoms with van der Waals surface area (Å²) in [5.41, 5.74) is 2.59. The number of piperidine rings is 1. The number of carbonyl (C=O) groups is 2. The maximum Gasteiger partial charge on any atom is 0.317 e. The zero-order valence-electron chi connectivity index (χ0n) is 17.0. The fourth-order valence-electron chi connectivity index (χ4n) is 3.94. The molecule has 29 heavy (non-hydrogen) atoms. The van der Waals surface area contributed by atoms with Crippen LogP contribution in [0.5, 0.6) is 0 Å². The highest BCUT2D eigenvalue weighted by atomic mass is 16.4. The van der Waals surface area contributed by atoms with Gasteiger partial charge in [-0.15, -0.1) is 0 Å². The molecule has 1 saturated heterocycles. The van der Waals surface area contributed by atoms with Gasteiger partial charge in [0.15, 0.2) is 0 Å². The van der Waals surface area contributed by atoms with Crippen molar-refractivity contribution >= 4 is 17.6 Å². The van der Waals surface area contributed by atoms with E-state index in [-0.39, 0.29) is 18.5 Å². The van der Waals surface area contributed by atoms with Gasteiger partial charge in [-0.3, -0.25) is 19.4 Å². The summed E-state index contributed by atoms with van der Waals surface area (Å²) in [4.78, 5) is 27.7. The van der Waals surface area contributed by atoms with E-state index in [0.717, 1.165) is 37.2 Å². The molecule has 1 unspecified atom stereocenters. The number of likely N-dealkylation sites (tertiary alicyclic amines) is 1. The molecule has 0 aliphatic carbocycles. The SMILES string of the molecule is CC(c1cccc(NC(=O)c2ccccc2)c1)N1CCC(N(C)CC(=O)O)CC1. The van der Waals surface area contributed by atoms with Gasteiger partial charge in [0.05, 0.1) is 6.54 Å². The van der Waals surface area contributed by atoms with Crippen LogP contribution in [0.2, 0.25) is 0 Å². The van der Waals surface area contributed by atoms with E-state index >= 15 is 0 Å². The normalized spacial score (nSPS) is 16.5. The van der Waals surface area contributed by atoms with Crippen LogP contribution >= 0.6 is 0 Å². The largest absolute Gasteiger partial charge is 0.480 e. The quantitative estimate of drug-likeness (QED) is 0.751. The number of anilines is 1.